The molecule has 2 aromatic carbocycles. The summed E-state index contributed by atoms with van der Waals surface area (Å²) in [5.74, 6) is -3.31. The summed E-state index contributed by atoms with van der Waals surface area (Å²) in [6, 6.07) is 14.5. The second-order valence-electron chi connectivity index (χ2n) is 8.61. The van der Waals surface area contributed by atoms with Crippen molar-refractivity contribution in [1.29, 1.82) is 0 Å². The maximum Gasteiger partial charge on any atom is 0.379 e. The number of rotatable bonds is 12. The first-order valence-electron chi connectivity index (χ1n) is 12.0. The van der Waals surface area contributed by atoms with Crippen molar-refractivity contribution in [2.24, 2.45) is 0 Å². The van der Waals surface area contributed by atoms with Crippen molar-refractivity contribution >= 4 is 45.3 Å². The molecule has 0 bridgehead atoms. The molecule has 1 N–H and O–H groups in total. The zero-order valence-electron chi connectivity index (χ0n) is 21.1. The van der Waals surface area contributed by atoms with E-state index in [1.165, 1.54) is 0 Å². The summed E-state index contributed by atoms with van der Waals surface area (Å²) in [6.07, 6.45) is 3.17. The molecule has 0 saturated heterocycles. The van der Waals surface area contributed by atoms with Gasteiger partial charge in [0.2, 0.25) is 0 Å². The number of aliphatic hydroxyl groups is 1. The van der Waals surface area contributed by atoms with E-state index in [2.05, 4.69) is 9.47 Å². The number of aryl methyl sites for hydroxylation is 1. The number of aromatic nitrogens is 2. The van der Waals surface area contributed by atoms with Gasteiger partial charge in [-0.05, 0) is 18.6 Å². The molecule has 10 heteroatoms. The summed E-state index contributed by atoms with van der Waals surface area (Å²) < 4.78 is 18.8. The van der Waals surface area contributed by atoms with E-state index in [0.29, 0.717) is 30.3 Å². The number of para-hydroxylation sites is 2. The summed E-state index contributed by atoms with van der Waals surface area (Å²) >= 11 is 0. The fourth-order valence-corrected chi connectivity index (χ4v) is 4.46. The van der Waals surface area contributed by atoms with Gasteiger partial charge in [0, 0.05) is 47.3 Å². The number of hydrogen-bond acceptors (Lipinski definition) is 8. The number of ketones is 2. The van der Waals surface area contributed by atoms with Crippen LogP contribution in [0.5, 0.6) is 0 Å². The number of carbonyl (C=O) groups excluding carboxylic acids is 4. The summed E-state index contributed by atoms with van der Waals surface area (Å²) in [6.45, 7) is 0.847. The van der Waals surface area contributed by atoms with Crippen molar-refractivity contribution < 1.29 is 38.5 Å². The summed E-state index contributed by atoms with van der Waals surface area (Å²) in [4.78, 5) is 48.5. The molecule has 198 valence electrons. The standard InChI is InChI=1S/C28H28N2O8/c1-36-27(34)25(32)21-15-29(23-9-5-3-7-19(21)23)12-11-18(17-31)38-14-13-30-16-22(26(33)28(35)37-2)20-8-4-6-10-24(20)30/h3-10,15-16,18,31H,11-14,17H2,1-2H3. The predicted molar refractivity (Wildman–Crippen MR) is 138 cm³/mol. The summed E-state index contributed by atoms with van der Waals surface area (Å²) in [5, 5.41) is 11.2. The first kappa shape index (κ1) is 26.8. The van der Waals surface area contributed by atoms with Gasteiger partial charge in [0.1, 0.15) is 0 Å². The minimum absolute atomic E-state index is 0.217. The van der Waals surface area contributed by atoms with Gasteiger partial charge in [-0.3, -0.25) is 9.59 Å². The van der Waals surface area contributed by atoms with E-state index >= 15 is 0 Å². The molecule has 1 unspecified atom stereocenters. The number of methoxy groups -OCH3 is 2. The minimum Gasteiger partial charge on any atom is -0.463 e. The highest BCUT2D eigenvalue weighted by Crippen LogP contribution is 2.24. The Bertz CT molecular complexity index is 1500. The molecule has 2 heterocycles. The highest BCUT2D eigenvalue weighted by atomic mass is 16.5. The molecule has 0 fully saturated rings. The maximum atomic E-state index is 12.5. The van der Waals surface area contributed by atoms with Gasteiger partial charge in [-0.1, -0.05) is 36.4 Å². The van der Waals surface area contributed by atoms with Crippen LogP contribution in [-0.4, -0.2) is 71.3 Å². The van der Waals surface area contributed by atoms with Crippen LogP contribution in [0.4, 0.5) is 0 Å². The third-order valence-corrected chi connectivity index (χ3v) is 6.39. The van der Waals surface area contributed by atoms with Crippen LogP contribution in [0.1, 0.15) is 27.1 Å². The number of nitrogens with zero attached hydrogens (tertiary/aromatic N) is 2. The molecule has 38 heavy (non-hydrogen) atoms. The number of Topliss-reactive ketones (excluding diaryl/α,β-unsaturated/α-hetero) is 2. The average molecular weight is 521 g/mol. The van der Waals surface area contributed by atoms with Crippen LogP contribution in [0, 0.1) is 0 Å². The first-order valence-corrected chi connectivity index (χ1v) is 12.0. The Morgan fingerprint density at radius 2 is 1.24 bits per heavy atom. The smallest absolute Gasteiger partial charge is 0.379 e. The topological polar surface area (TPSA) is 126 Å². The molecule has 0 amide bonds. The number of hydrogen-bond donors (Lipinski definition) is 1. The van der Waals surface area contributed by atoms with Gasteiger partial charge >= 0.3 is 11.9 Å². The van der Waals surface area contributed by atoms with Crippen LogP contribution in [0.2, 0.25) is 0 Å². The largest absolute Gasteiger partial charge is 0.463 e. The van der Waals surface area contributed by atoms with E-state index in [-0.39, 0.29) is 24.3 Å². The van der Waals surface area contributed by atoms with Crippen molar-refractivity contribution in [1.82, 2.24) is 9.13 Å². The van der Waals surface area contributed by atoms with Crippen LogP contribution >= 0.6 is 0 Å². The second kappa shape index (κ2) is 11.8. The number of ether oxygens (including phenoxy) is 3. The highest BCUT2D eigenvalue weighted by Gasteiger charge is 2.23. The number of carbonyl (C=O) groups is 4. The predicted octanol–water partition coefficient (Wildman–Crippen LogP) is 2.78. The lowest BCUT2D eigenvalue weighted by molar-refractivity contribution is -0.135. The highest BCUT2D eigenvalue weighted by molar-refractivity contribution is 6.43. The molecular weight excluding hydrogens is 492 g/mol. The monoisotopic (exact) mass is 520 g/mol. The molecule has 4 aromatic rings. The second-order valence-corrected chi connectivity index (χ2v) is 8.61. The molecule has 0 radical (unpaired) electrons. The van der Waals surface area contributed by atoms with Crippen LogP contribution in [0.3, 0.4) is 0 Å². The molecule has 1 atom stereocenters. The van der Waals surface area contributed by atoms with Crippen molar-refractivity contribution in [3.63, 3.8) is 0 Å². The lowest BCUT2D eigenvalue weighted by atomic mass is 10.1. The Labute approximate surface area is 218 Å². The first-order chi connectivity index (χ1) is 18.4. The van der Waals surface area contributed by atoms with Crippen LogP contribution < -0.4 is 0 Å². The van der Waals surface area contributed by atoms with E-state index in [9.17, 15) is 24.3 Å². The van der Waals surface area contributed by atoms with Gasteiger partial charge in [-0.25, -0.2) is 9.59 Å². The zero-order chi connectivity index (χ0) is 27.2. The molecule has 0 aliphatic carbocycles. The lowest BCUT2D eigenvalue weighted by Crippen LogP contribution is -2.22. The van der Waals surface area contributed by atoms with E-state index in [1.54, 1.807) is 36.7 Å². The van der Waals surface area contributed by atoms with Gasteiger partial charge in [-0.15, -0.1) is 0 Å². The van der Waals surface area contributed by atoms with E-state index < -0.39 is 29.6 Å². The molecule has 10 nitrogen and oxygen atoms in total. The Hall–Kier alpha value is -4.28. The number of esters is 2. The number of aliphatic hydroxyl groups excluding tert-OH is 1. The van der Waals surface area contributed by atoms with Gasteiger partial charge in [0.05, 0.1) is 44.7 Å². The number of fused-ring (bicyclic) bond motifs is 2. The Morgan fingerprint density at radius 3 is 1.71 bits per heavy atom. The normalized spacial score (nSPS) is 12.0. The Balaban J connectivity index is 1.43. The lowest BCUT2D eigenvalue weighted by Gasteiger charge is -2.17. The Morgan fingerprint density at radius 1 is 0.763 bits per heavy atom. The van der Waals surface area contributed by atoms with Crippen molar-refractivity contribution in [2.45, 2.75) is 25.6 Å². The SMILES string of the molecule is COC(=O)C(=O)c1cn(CCOC(CO)CCn2cc(C(=O)C(=O)OC)c3ccccc32)c2ccccc12. The zero-order valence-corrected chi connectivity index (χ0v) is 21.1. The fourth-order valence-electron chi connectivity index (χ4n) is 4.46. The van der Waals surface area contributed by atoms with Gasteiger partial charge in [0.15, 0.2) is 0 Å². The maximum absolute atomic E-state index is 12.5. The molecule has 2 aromatic heterocycles. The molecule has 0 aliphatic heterocycles. The molecule has 0 spiro atoms. The van der Waals surface area contributed by atoms with E-state index in [0.717, 1.165) is 25.3 Å². The van der Waals surface area contributed by atoms with Crippen molar-refractivity contribution in [2.75, 3.05) is 27.4 Å². The van der Waals surface area contributed by atoms with E-state index in [1.807, 2.05) is 33.4 Å². The van der Waals surface area contributed by atoms with Crippen LogP contribution in [0.15, 0.2) is 60.9 Å². The fraction of sp³-hybridized carbons (Fsp3) is 0.286. The third kappa shape index (κ3) is 5.36. The summed E-state index contributed by atoms with van der Waals surface area (Å²) in [5.41, 5.74) is 2.05. The quantitative estimate of drug-likeness (QED) is 0.172. The molecule has 0 saturated carbocycles. The minimum atomic E-state index is -0.932. The van der Waals surface area contributed by atoms with Gasteiger partial charge < -0.3 is 28.5 Å². The van der Waals surface area contributed by atoms with Crippen LogP contribution in [0.25, 0.3) is 21.8 Å². The van der Waals surface area contributed by atoms with Crippen LogP contribution in [-0.2, 0) is 36.9 Å². The third-order valence-electron chi connectivity index (χ3n) is 6.39. The molecular formula is C28H28N2O8. The van der Waals surface area contributed by atoms with Gasteiger partial charge in [-0.2, -0.15) is 0 Å². The van der Waals surface area contributed by atoms with Crippen molar-refractivity contribution in [3.8, 4) is 0 Å². The number of benzene rings is 2. The van der Waals surface area contributed by atoms with Gasteiger partial charge in [0.25, 0.3) is 11.6 Å². The molecule has 4 rings (SSSR count). The average Bonchev–Trinajstić information content (AvgIpc) is 3.52. The Kier molecular flexibility index (Phi) is 8.35. The van der Waals surface area contributed by atoms with E-state index in [4.69, 9.17) is 4.74 Å². The van der Waals surface area contributed by atoms with Crippen molar-refractivity contribution in [3.05, 3.63) is 72.1 Å². The summed E-state index contributed by atoms with van der Waals surface area (Å²) in [7, 11) is 2.33. The molecule has 0 aliphatic rings.